The van der Waals surface area contributed by atoms with Gasteiger partial charge in [0.15, 0.2) is 0 Å². The highest BCUT2D eigenvalue weighted by Crippen LogP contribution is 2.12. The summed E-state index contributed by atoms with van der Waals surface area (Å²) in [6, 6.07) is 10.0. The zero-order valence-electron chi connectivity index (χ0n) is 13.5. The highest BCUT2D eigenvalue weighted by Gasteiger charge is 2.00. The second-order valence-corrected chi connectivity index (χ2v) is 5.99. The van der Waals surface area contributed by atoms with Crippen LogP contribution in [0, 0.1) is 5.92 Å². The monoisotopic (exact) mass is 284 g/mol. The second-order valence-electron chi connectivity index (χ2n) is 5.99. The fourth-order valence-corrected chi connectivity index (χ4v) is 2.14. The molecule has 0 heterocycles. The van der Waals surface area contributed by atoms with Crippen molar-refractivity contribution in [3.05, 3.63) is 65.4 Å². The van der Waals surface area contributed by atoms with Crippen LogP contribution < -0.4 is 0 Å². The van der Waals surface area contributed by atoms with Gasteiger partial charge in [-0.15, -0.1) is 5.73 Å². The van der Waals surface area contributed by atoms with E-state index in [4.69, 9.17) is 0 Å². The Morgan fingerprint density at radius 1 is 1.24 bits per heavy atom. The number of benzene rings is 1. The molecule has 1 aromatic carbocycles. The predicted octanol–water partition coefficient (Wildman–Crippen LogP) is 5.07. The standard InChI is InChI=1S/C20H28O/c1-17(2)10-9-12-18(3)11-7-8-15-20(21)16-19-13-5-4-6-14-19/h4-7,10,13-15,18,20-21H,9,11-12,16H2,1-3H3. The van der Waals surface area contributed by atoms with Crippen molar-refractivity contribution in [3.63, 3.8) is 0 Å². The molecule has 21 heavy (non-hydrogen) atoms. The van der Waals surface area contributed by atoms with Crippen molar-refractivity contribution in [2.24, 2.45) is 5.92 Å². The van der Waals surface area contributed by atoms with Crippen LogP contribution >= 0.6 is 0 Å². The average molecular weight is 284 g/mol. The summed E-state index contributed by atoms with van der Waals surface area (Å²) in [7, 11) is 0. The van der Waals surface area contributed by atoms with Crippen LogP contribution in [0.3, 0.4) is 0 Å². The molecular formula is C20H28O. The summed E-state index contributed by atoms with van der Waals surface area (Å²) >= 11 is 0. The van der Waals surface area contributed by atoms with E-state index < -0.39 is 6.10 Å². The van der Waals surface area contributed by atoms with E-state index in [1.54, 1.807) is 6.08 Å². The first-order valence-corrected chi connectivity index (χ1v) is 7.84. The topological polar surface area (TPSA) is 20.2 Å². The van der Waals surface area contributed by atoms with Crippen molar-refractivity contribution in [3.8, 4) is 0 Å². The highest BCUT2D eigenvalue weighted by molar-refractivity contribution is 5.16. The molecule has 0 aliphatic rings. The molecule has 2 unspecified atom stereocenters. The lowest BCUT2D eigenvalue weighted by Gasteiger charge is -2.06. The van der Waals surface area contributed by atoms with Crippen molar-refractivity contribution in [1.29, 1.82) is 0 Å². The molecule has 1 rings (SSSR count). The molecule has 1 heteroatoms. The number of hydrogen-bond acceptors (Lipinski definition) is 1. The van der Waals surface area contributed by atoms with Crippen molar-refractivity contribution < 1.29 is 5.11 Å². The van der Waals surface area contributed by atoms with Crippen molar-refractivity contribution >= 4 is 0 Å². The summed E-state index contributed by atoms with van der Waals surface area (Å²) < 4.78 is 0. The number of rotatable bonds is 8. The van der Waals surface area contributed by atoms with E-state index in [1.807, 2.05) is 36.4 Å². The van der Waals surface area contributed by atoms with E-state index >= 15 is 0 Å². The van der Waals surface area contributed by atoms with Gasteiger partial charge in [-0.2, -0.15) is 0 Å². The van der Waals surface area contributed by atoms with Gasteiger partial charge in [0, 0.05) is 6.42 Å². The normalized spacial score (nSPS) is 13.0. The molecule has 0 saturated carbocycles. The van der Waals surface area contributed by atoms with E-state index in [1.165, 1.54) is 12.0 Å². The first-order chi connectivity index (χ1) is 10.1. The fourth-order valence-electron chi connectivity index (χ4n) is 2.14. The predicted molar refractivity (Wildman–Crippen MR) is 91.3 cm³/mol. The third-order valence-electron chi connectivity index (χ3n) is 3.43. The van der Waals surface area contributed by atoms with Crippen LogP contribution in [0.2, 0.25) is 0 Å². The maximum absolute atomic E-state index is 9.92. The molecule has 114 valence electrons. The number of hydrogen-bond donors (Lipinski definition) is 1. The van der Waals surface area contributed by atoms with Crippen LogP contribution in [0.4, 0.5) is 0 Å². The third-order valence-corrected chi connectivity index (χ3v) is 3.43. The first kappa shape index (κ1) is 17.5. The molecule has 0 aliphatic heterocycles. The first-order valence-electron chi connectivity index (χ1n) is 7.84. The largest absolute Gasteiger partial charge is 0.388 e. The minimum absolute atomic E-state index is 0.454. The maximum atomic E-state index is 9.92. The summed E-state index contributed by atoms with van der Waals surface area (Å²) in [6.45, 7) is 6.54. The van der Waals surface area contributed by atoms with Crippen LogP contribution in [-0.4, -0.2) is 11.2 Å². The third kappa shape index (κ3) is 9.07. The van der Waals surface area contributed by atoms with Crippen LogP contribution in [0.1, 0.15) is 45.6 Å². The van der Waals surface area contributed by atoms with E-state index in [0.717, 1.165) is 18.4 Å². The van der Waals surface area contributed by atoms with Gasteiger partial charge < -0.3 is 5.11 Å². The lowest BCUT2D eigenvalue weighted by Crippen LogP contribution is -2.05. The van der Waals surface area contributed by atoms with Crippen LogP contribution in [0.15, 0.2) is 59.9 Å². The van der Waals surface area contributed by atoms with E-state index in [0.29, 0.717) is 12.3 Å². The molecule has 2 atom stereocenters. The zero-order chi connectivity index (χ0) is 15.5. The Morgan fingerprint density at radius 3 is 2.62 bits per heavy atom. The van der Waals surface area contributed by atoms with Gasteiger partial charge in [-0.05, 0) is 56.7 Å². The molecule has 0 aliphatic carbocycles. The summed E-state index contributed by atoms with van der Waals surface area (Å²) in [6.07, 6.45) is 9.66. The van der Waals surface area contributed by atoms with Gasteiger partial charge in [0.1, 0.15) is 0 Å². The molecule has 0 fully saturated rings. The molecule has 0 amide bonds. The van der Waals surface area contributed by atoms with Crippen molar-refractivity contribution in [2.45, 2.75) is 52.6 Å². The van der Waals surface area contributed by atoms with Gasteiger partial charge in [-0.3, -0.25) is 0 Å². The van der Waals surface area contributed by atoms with Crippen LogP contribution in [0.25, 0.3) is 0 Å². The van der Waals surface area contributed by atoms with Gasteiger partial charge in [-0.25, -0.2) is 0 Å². The number of aliphatic hydroxyl groups excluding tert-OH is 1. The van der Waals surface area contributed by atoms with E-state index in [9.17, 15) is 5.11 Å². The SMILES string of the molecule is CC(C)=CCCC(C)CC=C=CC(O)Cc1ccccc1. The smallest absolute Gasteiger partial charge is 0.0834 e. The van der Waals surface area contributed by atoms with Crippen molar-refractivity contribution in [1.82, 2.24) is 0 Å². The zero-order valence-corrected chi connectivity index (χ0v) is 13.5. The summed E-state index contributed by atoms with van der Waals surface area (Å²) in [5.74, 6) is 0.660. The van der Waals surface area contributed by atoms with Gasteiger partial charge >= 0.3 is 0 Å². The van der Waals surface area contributed by atoms with Crippen molar-refractivity contribution in [2.75, 3.05) is 0 Å². The lowest BCUT2D eigenvalue weighted by atomic mass is 10.0. The minimum Gasteiger partial charge on any atom is -0.388 e. The van der Waals surface area contributed by atoms with Crippen LogP contribution in [0.5, 0.6) is 0 Å². The van der Waals surface area contributed by atoms with Gasteiger partial charge in [0.2, 0.25) is 0 Å². The number of allylic oxidation sites excluding steroid dienone is 2. The summed E-state index contributed by atoms with van der Waals surface area (Å²) in [4.78, 5) is 0. The van der Waals surface area contributed by atoms with Gasteiger partial charge in [0.25, 0.3) is 0 Å². The summed E-state index contributed by atoms with van der Waals surface area (Å²) in [5.41, 5.74) is 5.66. The molecule has 0 radical (unpaired) electrons. The lowest BCUT2D eigenvalue weighted by molar-refractivity contribution is 0.224. The number of aliphatic hydroxyl groups is 1. The Balaban J connectivity index is 2.29. The Hall–Kier alpha value is -1.56. The molecule has 1 nitrogen and oxygen atoms in total. The molecule has 1 N–H and O–H groups in total. The Bertz CT molecular complexity index is 474. The average Bonchev–Trinajstić information content (AvgIpc) is 2.44. The Labute approximate surface area is 129 Å². The quantitative estimate of drug-likeness (QED) is 0.521. The fraction of sp³-hybridized carbons (Fsp3) is 0.450. The maximum Gasteiger partial charge on any atom is 0.0834 e. The molecular weight excluding hydrogens is 256 g/mol. The van der Waals surface area contributed by atoms with E-state index in [-0.39, 0.29) is 0 Å². The van der Waals surface area contributed by atoms with Gasteiger partial charge in [0.05, 0.1) is 6.10 Å². The summed E-state index contributed by atoms with van der Waals surface area (Å²) in [5, 5.41) is 9.92. The molecule has 0 aromatic heterocycles. The minimum atomic E-state index is -0.454. The molecule has 1 aromatic rings. The van der Waals surface area contributed by atoms with Crippen LogP contribution in [-0.2, 0) is 6.42 Å². The highest BCUT2D eigenvalue weighted by atomic mass is 16.3. The van der Waals surface area contributed by atoms with Gasteiger partial charge in [-0.1, -0.05) is 48.9 Å². The Morgan fingerprint density at radius 2 is 1.95 bits per heavy atom. The molecule has 0 bridgehead atoms. The Kier molecular flexibility index (Phi) is 8.50. The molecule has 0 spiro atoms. The second kappa shape index (κ2) is 10.2. The molecule has 0 saturated heterocycles. The van der Waals surface area contributed by atoms with E-state index in [2.05, 4.69) is 32.6 Å².